The van der Waals surface area contributed by atoms with Crippen LogP contribution in [0.25, 0.3) is 0 Å². The van der Waals surface area contributed by atoms with E-state index in [-0.39, 0.29) is 18.2 Å². The molecule has 0 bridgehead atoms. The van der Waals surface area contributed by atoms with Crippen molar-refractivity contribution in [2.24, 2.45) is 0 Å². The van der Waals surface area contributed by atoms with Gasteiger partial charge in [-0.2, -0.15) is 0 Å². The van der Waals surface area contributed by atoms with Crippen LogP contribution in [0.1, 0.15) is 20.1 Å². The number of aliphatic hydroxyl groups excluding tert-OH is 1. The van der Waals surface area contributed by atoms with Gasteiger partial charge >= 0.3 is 0 Å². The monoisotopic (exact) mass is 289 g/mol. The SMILES string of the molecule is Cc1ccc(NC(=O)c2ccc(C#CCO)s2)c(F)c1. The van der Waals surface area contributed by atoms with Gasteiger partial charge in [0.2, 0.25) is 0 Å². The molecule has 0 aliphatic heterocycles. The summed E-state index contributed by atoms with van der Waals surface area (Å²) >= 11 is 1.19. The lowest BCUT2D eigenvalue weighted by atomic mass is 10.2. The third-order valence-corrected chi connectivity index (χ3v) is 3.49. The van der Waals surface area contributed by atoms with E-state index in [1.165, 1.54) is 23.5 Å². The van der Waals surface area contributed by atoms with Gasteiger partial charge < -0.3 is 10.4 Å². The van der Waals surface area contributed by atoms with Crippen LogP contribution in [0.3, 0.4) is 0 Å². The predicted molar refractivity (Wildman–Crippen MR) is 77.4 cm³/mol. The van der Waals surface area contributed by atoms with E-state index in [0.29, 0.717) is 9.75 Å². The number of anilines is 1. The first kappa shape index (κ1) is 14.3. The second kappa shape index (κ2) is 6.33. The number of nitrogens with one attached hydrogen (secondary N) is 1. The highest BCUT2D eigenvalue weighted by Gasteiger charge is 2.11. The Morgan fingerprint density at radius 3 is 2.90 bits per heavy atom. The number of hydrogen-bond acceptors (Lipinski definition) is 3. The Bertz CT molecular complexity index is 697. The molecule has 2 N–H and O–H groups in total. The summed E-state index contributed by atoms with van der Waals surface area (Å²) in [6.07, 6.45) is 0. The van der Waals surface area contributed by atoms with E-state index in [2.05, 4.69) is 17.2 Å². The summed E-state index contributed by atoms with van der Waals surface area (Å²) in [5.41, 5.74) is 0.940. The van der Waals surface area contributed by atoms with Gasteiger partial charge in [-0.1, -0.05) is 17.9 Å². The fourth-order valence-corrected chi connectivity index (χ4v) is 2.34. The molecule has 0 aliphatic rings. The molecule has 0 saturated heterocycles. The van der Waals surface area contributed by atoms with E-state index in [1.54, 1.807) is 25.1 Å². The highest BCUT2D eigenvalue weighted by Crippen LogP contribution is 2.20. The Kier molecular flexibility index (Phi) is 4.51. The molecule has 2 aromatic rings. The summed E-state index contributed by atoms with van der Waals surface area (Å²) in [5, 5.41) is 11.1. The molecule has 0 aliphatic carbocycles. The third-order valence-electron chi connectivity index (χ3n) is 2.49. The molecule has 1 aromatic carbocycles. The first-order valence-corrected chi connectivity index (χ1v) is 6.69. The summed E-state index contributed by atoms with van der Waals surface area (Å²) in [6, 6.07) is 7.93. The smallest absolute Gasteiger partial charge is 0.265 e. The van der Waals surface area contributed by atoms with Crippen molar-refractivity contribution in [3.8, 4) is 11.8 Å². The number of amides is 1. The second-order valence-electron chi connectivity index (χ2n) is 4.06. The Morgan fingerprint density at radius 2 is 2.20 bits per heavy atom. The third kappa shape index (κ3) is 3.44. The first-order valence-electron chi connectivity index (χ1n) is 5.87. The van der Waals surface area contributed by atoms with Gasteiger partial charge in [0.05, 0.1) is 15.4 Å². The van der Waals surface area contributed by atoms with E-state index >= 15 is 0 Å². The van der Waals surface area contributed by atoms with E-state index in [1.807, 2.05) is 0 Å². The molecule has 0 atom stereocenters. The number of aryl methyl sites for hydroxylation is 1. The average Bonchev–Trinajstić information content (AvgIpc) is 2.88. The number of hydrogen-bond donors (Lipinski definition) is 2. The van der Waals surface area contributed by atoms with Crippen LogP contribution in [0.5, 0.6) is 0 Å². The van der Waals surface area contributed by atoms with Gasteiger partial charge in [0.15, 0.2) is 0 Å². The van der Waals surface area contributed by atoms with Crippen LogP contribution in [-0.4, -0.2) is 17.6 Å². The Labute approximate surface area is 120 Å². The van der Waals surface area contributed by atoms with Crippen LogP contribution in [0.15, 0.2) is 30.3 Å². The lowest BCUT2D eigenvalue weighted by Crippen LogP contribution is -2.11. The lowest BCUT2D eigenvalue weighted by Gasteiger charge is -2.05. The molecular weight excluding hydrogens is 277 g/mol. The van der Waals surface area contributed by atoms with Gasteiger partial charge in [-0.15, -0.1) is 11.3 Å². The molecule has 1 amide bonds. The fourth-order valence-electron chi connectivity index (χ4n) is 1.56. The highest BCUT2D eigenvalue weighted by atomic mass is 32.1. The molecule has 0 radical (unpaired) electrons. The van der Waals surface area contributed by atoms with Crippen molar-refractivity contribution >= 4 is 22.9 Å². The largest absolute Gasteiger partial charge is 0.384 e. The van der Waals surface area contributed by atoms with Gasteiger partial charge in [0.25, 0.3) is 5.91 Å². The van der Waals surface area contributed by atoms with E-state index in [0.717, 1.165) is 5.56 Å². The maximum atomic E-state index is 13.6. The normalized spacial score (nSPS) is 9.75. The van der Waals surface area contributed by atoms with Crippen LogP contribution < -0.4 is 5.32 Å². The summed E-state index contributed by atoms with van der Waals surface area (Å²) in [4.78, 5) is 13.1. The molecule has 2 rings (SSSR count). The fraction of sp³-hybridized carbons (Fsp3) is 0.133. The Hall–Kier alpha value is -2.16. The second-order valence-corrected chi connectivity index (χ2v) is 5.14. The van der Waals surface area contributed by atoms with Crippen molar-refractivity contribution in [1.82, 2.24) is 0 Å². The minimum atomic E-state index is -0.463. The van der Waals surface area contributed by atoms with Crippen molar-refractivity contribution in [2.75, 3.05) is 11.9 Å². The number of carbonyl (C=O) groups is 1. The number of benzene rings is 1. The van der Waals surface area contributed by atoms with Crippen LogP contribution in [0.2, 0.25) is 0 Å². The Morgan fingerprint density at radius 1 is 1.40 bits per heavy atom. The lowest BCUT2D eigenvalue weighted by molar-refractivity contribution is 0.103. The minimum absolute atomic E-state index is 0.150. The van der Waals surface area contributed by atoms with Crippen molar-refractivity contribution in [2.45, 2.75) is 6.92 Å². The zero-order valence-electron chi connectivity index (χ0n) is 10.7. The molecule has 102 valence electrons. The quantitative estimate of drug-likeness (QED) is 0.835. The van der Waals surface area contributed by atoms with Crippen LogP contribution in [-0.2, 0) is 0 Å². The summed E-state index contributed by atoms with van der Waals surface area (Å²) in [5.74, 6) is 4.38. The van der Waals surface area contributed by atoms with E-state index in [9.17, 15) is 9.18 Å². The number of aliphatic hydroxyl groups is 1. The predicted octanol–water partition coefficient (Wildman–Crippen LogP) is 2.79. The maximum Gasteiger partial charge on any atom is 0.265 e. The summed E-state index contributed by atoms with van der Waals surface area (Å²) < 4.78 is 13.6. The maximum absolute atomic E-state index is 13.6. The number of rotatable bonds is 2. The van der Waals surface area contributed by atoms with Gasteiger partial charge in [-0.3, -0.25) is 4.79 Å². The van der Waals surface area contributed by atoms with Crippen molar-refractivity contribution in [3.05, 3.63) is 51.5 Å². The van der Waals surface area contributed by atoms with E-state index in [4.69, 9.17) is 5.11 Å². The molecule has 0 unspecified atom stereocenters. The van der Waals surface area contributed by atoms with Gasteiger partial charge in [0, 0.05) is 0 Å². The molecular formula is C15H12FNO2S. The molecule has 0 spiro atoms. The van der Waals surface area contributed by atoms with Gasteiger partial charge in [-0.05, 0) is 36.8 Å². The van der Waals surface area contributed by atoms with Crippen LogP contribution >= 0.6 is 11.3 Å². The molecule has 20 heavy (non-hydrogen) atoms. The molecule has 5 heteroatoms. The molecule has 1 aromatic heterocycles. The van der Waals surface area contributed by atoms with Crippen molar-refractivity contribution < 1.29 is 14.3 Å². The van der Waals surface area contributed by atoms with Crippen molar-refractivity contribution in [3.63, 3.8) is 0 Å². The first-order chi connectivity index (χ1) is 9.60. The van der Waals surface area contributed by atoms with Crippen LogP contribution in [0.4, 0.5) is 10.1 Å². The zero-order valence-corrected chi connectivity index (χ0v) is 11.6. The molecule has 0 saturated carbocycles. The zero-order chi connectivity index (χ0) is 14.5. The Balaban J connectivity index is 2.13. The van der Waals surface area contributed by atoms with Gasteiger partial charge in [-0.25, -0.2) is 4.39 Å². The average molecular weight is 289 g/mol. The number of carbonyl (C=O) groups excluding carboxylic acids is 1. The molecule has 0 fully saturated rings. The van der Waals surface area contributed by atoms with E-state index < -0.39 is 5.82 Å². The molecule has 3 nitrogen and oxygen atoms in total. The summed E-state index contributed by atoms with van der Waals surface area (Å²) in [7, 11) is 0. The highest BCUT2D eigenvalue weighted by molar-refractivity contribution is 7.14. The molecule has 1 heterocycles. The summed E-state index contributed by atoms with van der Waals surface area (Å²) in [6.45, 7) is 1.55. The van der Waals surface area contributed by atoms with Crippen LogP contribution in [0, 0.1) is 24.6 Å². The number of halogens is 1. The standard InChI is InChI=1S/C15H12FNO2S/c1-10-4-6-13(12(16)9-10)17-15(19)14-7-5-11(20-14)3-2-8-18/h4-7,9,18H,8H2,1H3,(H,17,19). The van der Waals surface area contributed by atoms with Crippen molar-refractivity contribution in [1.29, 1.82) is 0 Å². The minimum Gasteiger partial charge on any atom is -0.384 e. The topological polar surface area (TPSA) is 49.3 Å². The van der Waals surface area contributed by atoms with Gasteiger partial charge in [0.1, 0.15) is 12.4 Å². The number of thiophene rings is 1.